The van der Waals surface area contributed by atoms with Gasteiger partial charge in [-0.25, -0.2) is 0 Å². The minimum Gasteiger partial charge on any atom is -0.352 e. The van der Waals surface area contributed by atoms with E-state index in [4.69, 9.17) is 5.73 Å². The Morgan fingerprint density at radius 1 is 1.27 bits per heavy atom. The van der Waals surface area contributed by atoms with E-state index in [0.717, 1.165) is 32.4 Å². The molecule has 6 heteroatoms. The van der Waals surface area contributed by atoms with Gasteiger partial charge in [-0.05, 0) is 33.1 Å². The smallest absolute Gasteiger partial charge is 0.242 e. The van der Waals surface area contributed by atoms with E-state index in [9.17, 15) is 9.59 Å². The standard InChI is InChI=1S/C16H30N4O2/c1-4-7-16(3,17)15(22)20-10-8-19(9-11-20)12(2)14(21)18-13-5-6-13/h12-13H,4-11,17H2,1-3H3,(H,18,21). The number of carbonyl (C=O) groups is 2. The van der Waals surface area contributed by atoms with Gasteiger partial charge in [-0.1, -0.05) is 13.3 Å². The molecule has 2 rings (SSSR count). The molecule has 2 aliphatic rings. The van der Waals surface area contributed by atoms with Crippen molar-refractivity contribution in [1.82, 2.24) is 15.1 Å². The summed E-state index contributed by atoms with van der Waals surface area (Å²) >= 11 is 0. The summed E-state index contributed by atoms with van der Waals surface area (Å²) in [6, 6.07) is 0.266. The summed E-state index contributed by atoms with van der Waals surface area (Å²) in [5, 5.41) is 3.04. The molecule has 1 heterocycles. The number of hydrogen-bond donors (Lipinski definition) is 2. The second kappa shape index (κ2) is 6.96. The van der Waals surface area contributed by atoms with Gasteiger partial charge in [-0.3, -0.25) is 14.5 Å². The van der Waals surface area contributed by atoms with Crippen molar-refractivity contribution in [3.8, 4) is 0 Å². The molecule has 0 radical (unpaired) electrons. The fourth-order valence-electron chi connectivity index (χ4n) is 3.02. The van der Waals surface area contributed by atoms with Crippen LogP contribution in [0.2, 0.25) is 0 Å². The Morgan fingerprint density at radius 2 is 1.86 bits per heavy atom. The van der Waals surface area contributed by atoms with Gasteiger partial charge in [-0.15, -0.1) is 0 Å². The normalized spacial score (nSPS) is 23.7. The number of piperazine rings is 1. The molecule has 1 saturated heterocycles. The van der Waals surface area contributed by atoms with E-state index in [2.05, 4.69) is 10.2 Å². The van der Waals surface area contributed by atoms with Gasteiger partial charge in [0.2, 0.25) is 11.8 Å². The van der Waals surface area contributed by atoms with Crippen LogP contribution in [-0.2, 0) is 9.59 Å². The summed E-state index contributed by atoms with van der Waals surface area (Å²) < 4.78 is 0. The van der Waals surface area contributed by atoms with E-state index < -0.39 is 5.54 Å². The van der Waals surface area contributed by atoms with E-state index >= 15 is 0 Å². The first-order valence-electron chi connectivity index (χ1n) is 8.48. The van der Waals surface area contributed by atoms with Crippen LogP contribution in [0.15, 0.2) is 0 Å². The van der Waals surface area contributed by atoms with Crippen molar-refractivity contribution < 1.29 is 9.59 Å². The molecule has 3 N–H and O–H groups in total. The van der Waals surface area contributed by atoms with Gasteiger partial charge in [0.05, 0.1) is 11.6 Å². The number of carbonyl (C=O) groups excluding carboxylic acids is 2. The van der Waals surface area contributed by atoms with Crippen LogP contribution in [0.5, 0.6) is 0 Å². The molecule has 0 aromatic heterocycles. The highest BCUT2D eigenvalue weighted by atomic mass is 16.2. The Labute approximate surface area is 133 Å². The minimum atomic E-state index is -0.772. The molecule has 126 valence electrons. The topological polar surface area (TPSA) is 78.7 Å². The summed E-state index contributed by atoms with van der Waals surface area (Å²) in [5.74, 6) is 0.140. The summed E-state index contributed by atoms with van der Waals surface area (Å²) in [7, 11) is 0. The maximum Gasteiger partial charge on any atom is 0.242 e. The van der Waals surface area contributed by atoms with Gasteiger partial charge >= 0.3 is 0 Å². The molecule has 22 heavy (non-hydrogen) atoms. The van der Waals surface area contributed by atoms with Gasteiger partial charge < -0.3 is 16.0 Å². The fourth-order valence-corrected chi connectivity index (χ4v) is 3.02. The van der Waals surface area contributed by atoms with Gasteiger partial charge in [0.25, 0.3) is 0 Å². The van der Waals surface area contributed by atoms with Crippen LogP contribution in [0.25, 0.3) is 0 Å². The van der Waals surface area contributed by atoms with Crippen LogP contribution in [0.3, 0.4) is 0 Å². The highest BCUT2D eigenvalue weighted by Gasteiger charge is 2.35. The van der Waals surface area contributed by atoms with E-state index in [0.29, 0.717) is 25.6 Å². The molecule has 0 bridgehead atoms. The second-order valence-electron chi connectivity index (χ2n) is 6.95. The molecule has 0 aromatic rings. The van der Waals surface area contributed by atoms with Crippen LogP contribution in [0.4, 0.5) is 0 Å². The van der Waals surface area contributed by atoms with E-state index in [1.165, 1.54) is 0 Å². The molecule has 2 atom stereocenters. The summed E-state index contributed by atoms with van der Waals surface area (Å²) in [5.41, 5.74) is 5.37. The summed E-state index contributed by atoms with van der Waals surface area (Å²) in [6.45, 7) is 8.56. The minimum absolute atomic E-state index is 0.0316. The zero-order valence-electron chi connectivity index (χ0n) is 14.1. The largest absolute Gasteiger partial charge is 0.352 e. The second-order valence-corrected chi connectivity index (χ2v) is 6.95. The zero-order chi connectivity index (χ0) is 16.3. The lowest BCUT2D eigenvalue weighted by Gasteiger charge is -2.40. The SMILES string of the molecule is CCCC(C)(N)C(=O)N1CCN(C(C)C(=O)NC2CC2)CC1. The summed E-state index contributed by atoms with van der Waals surface area (Å²) in [4.78, 5) is 28.6. The molecule has 6 nitrogen and oxygen atoms in total. The van der Waals surface area contributed by atoms with Crippen LogP contribution in [0, 0.1) is 0 Å². The number of nitrogens with two attached hydrogens (primary N) is 1. The predicted octanol–water partition coefficient (Wildman–Crippen LogP) is 0.315. The molecule has 1 saturated carbocycles. The third-order valence-corrected chi connectivity index (χ3v) is 4.71. The van der Waals surface area contributed by atoms with Crippen LogP contribution in [-0.4, -0.2) is 65.4 Å². The Kier molecular flexibility index (Phi) is 5.45. The number of rotatable bonds is 6. The zero-order valence-corrected chi connectivity index (χ0v) is 14.1. The molecule has 1 aliphatic heterocycles. The van der Waals surface area contributed by atoms with Gasteiger partial charge in [0.1, 0.15) is 0 Å². The Bertz CT molecular complexity index is 412. The Balaban J connectivity index is 1.81. The van der Waals surface area contributed by atoms with E-state index in [1.54, 1.807) is 0 Å². The number of amides is 2. The molecule has 1 aliphatic carbocycles. The maximum atomic E-state index is 12.5. The van der Waals surface area contributed by atoms with Crippen LogP contribution < -0.4 is 11.1 Å². The van der Waals surface area contributed by atoms with Crippen molar-refractivity contribution >= 4 is 11.8 Å². The Morgan fingerprint density at radius 3 is 2.36 bits per heavy atom. The van der Waals surface area contributed by atoms with Gasteiger partial charge in [0.15, 0.2) is 0 Å². The van der Waals surface area contributed by atoms with Gasteiger partial charge in [0, 0.05) is 32.2 Å². The van der Waals surface area contributed by atoms with Crippen molar-refractivity contribution in [3.05, 3.63) is 0 Å². The lowest BCUT2D eigenvalue weighted by atomic mass is 9.95. The predicted molar refractivity (Wildman–Crippen MR) is 86.3 cm³/mol. The monoisotopic (exact) mass is 310 g/mol. The quantitative estimate of drug-likeness (QED) is 0.740. The number of nitrogens with one attached hydrogen (secondary N) is 1. The fraction of sp³-hybridized carbons (Fsp3) is 0.875. The van der Waals surface area contributed by atoms with E-state index in [1.807, 2.05) is 25.7 Å². The van der Waals surface area contributed by atoms with Crippen molar-refractivity contribution in [1.29, 1.82) is 0 Å². The molecule has 2 unspecified atom stereocenters. The number of hydrogen-bond acceptors (Lipinski definition) is 4. The average Bonchev–Trinajstić information content (AvgIpc) is 3.29. The summed E-state index contributed by atoms with van der Waals surface area (Å²) in [6.07, 6.45) is 3.81. The van der Waals surface area contributed by atoms with Crippen LogP contribution >= 0.6 is 0 Å². The highest BCUT2D eigenvalue weighted by Crippen LogP contribution is 2.20. The first kappa shape index (κ1) is 17.2. The van der Waals surface area contributed by atoms with Crippen molar-refractivity contribution in [2.75, 3.05) is 26.2 Å². The first-order valence-corrected chi connectivity index (χ1v) is 8.48. The average molecular weight is 310 g/mol. The molecule has 0 spiro atoms. The van der Waals surface area contributed by atoms with Crippen molar-refractivity contribution in [2.45, 2.75) is 64.1 Å². The Hall–Kier alpha value is -1.14. The molecule has 2 fully saturated rings. The van der Waals surface area contributed by atoms with Crippen molar-refractivity contribution in [2.24, 2.45) is 5.73 Å². The van der Waals surface area contributed by atoms with Gasteiger partial charge in [-0.2, -0.15) is 0 Å². The molecular weight excluding hydrogens is 280 g/mol. The van der Waals surface area contributed by atoms with E-state index in [-0.39, 0.29) is 17.9 Å². The van der Waals surface area contributed by atoms with Crippen molar-refractivity contribution in [3.63, 3.8) is 0 Å². The third kappa shape index (κ3) is 4.20. The molecular formula is C16H30N4O2. The number of nitrogens with zero attached hydrogens (tertiary/aromatic N) is 2. The molecule has 2 amide bonds. The van der Waals surface area contributed by atoms with Crippen LogP contribution in [0.1, 0.15) is 46.5 Å². The first-order chi connectivity index (χ1) is 10.3. The lowest BCUT2D eigenvalue weighted by Crippen LogP contribution is -2.60. The maximum absolute atomic E-state index is 12.5. The molecule has 0 aromatic carbocycles. The third-order valence-electron chi connectivity index (χ3n) is 4.71. The highest BCUT2D eigenvalue weighted by molar-refractivity contribution is 5.86. The lowest BCUT2D eigenvalue weighted by molar-refractivity contribution is -0.139.